The van der Waals surface area contributed by atoms with Crippen molar-refractivity contribution >= 4 is 0 Å². The van der Waals surface area contributed by atoms with Crippen molar-refractivity contribution in [2.24, 2.45) is 28.9 Å². The van der Waals surface area contributed by atoms with Gasteiger partial charge in [0.25, 0.3) is 0 Å². The van der Waals surface area contributed by atoms with Crippen molar-refractivity contribution in [3.63, 3.8) is 0 Å². The molecule has 5 atom stereocenters. The van der Waals surface area contributed by atoms with Crippen LogP contribution in [0.15, 0.2) is 0 Å². The van der Waals surface area contributed by atoms with Crippen molar-refractivity contribution in [1.82, 2.24) is 0 Å². The lowest BCUT2D eigenvalue weighted by molar-refractivity contribution is -0.153. The lowest BCUT2D eigenvalue weighted by atomic mass is 9.57. The largest absolute Gasteiger partial charge is 0.389 e. The zero-order chi connectivity index (χ0) is 12.7. The van der Waals surface area contributed by atoms with Gasteiger partial charge in [-0.15, -0.1) is 0 Å². The van der Waals surface area contributed by atoms with Gasteiger partial charge in [0.15, 0.2) is 0 Å². The quantitative estimate of drug-likeness (QED) is 0.778. The second-order valence-electron chi connectivity index (χ2n) is 6.91. The third-order valence-corrected chi connectivity index (χ3v) is 5.99. The van der Waals surface area contributed by atoms with Crippen LogP contribution in [-0.2, 0) is 0 Å². The van der Waals surface area contributed by atoms with E-state index >= 15 is 0 Å². The van der Waals surface area contributed by atoms with Gasteiger partial charge in [-0.05, 0) is 37.0 Å². The molecule has 2 aliphatic rings. The smallest absolute Gasteiger partial charge is 0.0743 e. The Morgan fingerprint density at radius 3 is 2.41 bits per heavy atom. The van der Waals surface area contributed by atoms with Crippen LogP contribution in [0.25, 0.3) is 0 Å². The van der Waals surface area contributed by atoms with Crippen LogP contribution in [0.5, 0.6) is 0 Å². The summed E-state index contributed by atoms with van der Waals surface area (Å²) in [5.74, 6) is 1.75. The van der Waals surface area contributed by atoms with Gasteiger partial charge in [-0.25, -0.2) is 0 Å². The van der Waals surface area contributed by atoms with E-state index in [4.69, 9.17) is 5.73 Å². The minimum Gasteiger partial charge on any atom is -0.389 e. The monoisotopic (exact) mass is 239 g/mol. The fourth-order valence-corrected chi connectivity index (χ4v) is 4.54. The fourth-order valence-electron chi connectivity index (χ4n) is 4.54. The summed E-state index contributed by atoms with van der Waals surface area (Å²) in [6.07, 6.45) is 6.87. The SMILES string of the molecule is CC1CCC(CN)(C2(O)CCCC(C)C2C)C1. The summed E-state index contributed by atoms with van der Waals surface area (Å²) in [5, 5.41) is 11.3. The topological polar surface area (TPSA) is 46.2 Å². The molecule has 0 bridgehead atoms. The molecule has 2 nitrogen and oxygen atoms in total. The lowest BCUT2D eigenvalue weighted by Gasteiger charge is -2.53. The van der Waals surface area contributed by atoms with Gasteiger partial charge >= 0.3 is 0 Å². The van der Waals surface area contributed by atoms with Crippen LogP contribution in [0.4, 0.5) is 0 Å². The average Bonchev–Trinajstić information content (AvgIpc) is 2.69. The lowest BCUT2D eigenvalue weighted by Crippen LogP contribution is -2.58. The third-order valence-electron chi connectivity index (χ3n) is 5.99. The highest BCUT2D eigenvalue weighted by molar-refractivity contribution is 5.08. The van der Waals surface area contributed by atoms with Gasteiger partial charge in [0.05, 0.1) is 5.60 Å². The first-order chi connectivity index (χ1) is 7.95. The van der Waals surface area contributed by atoms with Gasteiger partial charge in [0.2, 0.25) is 0 Å². The zero-order valence-corrected chi connectivity index (χ0v) is 11.7. The molecular formula is C15H29NO. The Bertz CT molecular complexity index is 280. The van der Waals surface area contributed by atoms with Crippen molar-refractivity contribution in [2.45, 2.75) is 64.9 Å². The number of rotatable bonds is 2. The molecule has 2 rings (SSSR count). The van der Waals surface area contributed by atoms with E-state index in [1.807, 2.05) is 0 Å². The van der Waals surface area contributed by atoms with Crippen LogP contribution in [0, 0.1) is 23.2 Å². The number of nitrogens with two attached hydrogens (primary N) is 1. The molecule has 0 heterocycles. The predicted molar refractivity (Wildman–Crippen MR) is 71.6 cm³/mol. The Morgan fingerprint density at radius 2 is 1.88 bits per heavy atom. The van der Waals surface area contributed by atoms with Gasteiger partial charge in [0, 0.05) is 12.0 Å². The summed E-state index contributed by atoms with van der Waals surface area (Å²) in [6.45, 7) is 7.49. The van der Waals surface area contributed by atoms with Crippen molar-refractivity contribution in [3.05, 3.63) is 0 Å². The van der Waals surface area contributed by atoms with Crippen molar-refractivity contribution in [3.8, 4) is 0 Å². The molecule has 0 radical (unpaired) electrons. The van der Waals surface area contributed by atoms with E-state index in [0.29, 0.717) is 18.4 Å². The molecule has 100 valence electrons. The van der Waals surface area contributed by atoms with Gasteiger partial charge in [-0.2, -0.15) is 0 Å². The number of aliphatic hydroxyl groups is 1. The maximum absolute atomic E-state index is 11.3. The van der Waals surface area contributed by atoms with E-state index in [2.05, 4.69) is 20.8 Å². The van der Waals surface area contributed by atoms with E-state index in [1.54, 1.807) is 0 Å². The Balaban J connectivity index is 2.28. The van der Waals surface area contributed by atoms with Crippen LogP contribution in [0.2, 0.25) is 0 Å². The van der Waals surface area contributed by atoms with E-state index < -0.39 is 5.60 Å². The summed E-state index contributed by atoms with van der Waals surface area (Å²) in [6, 6.07) is 0. The number of hydrogen-bond donors (Lipinski definition) is 2. The summed E-state index contributed by atoms with van der Waals surface area (Å²) < 4.78 is 0. The highest BCUT2D eigenvalue weighted by atomic mass is 16.3. The maximum atomic E-state index is 11.3. The molecular weight excluding hydrogens is 210 g/mol. The molecule has 2 saturated carbocycles. The second kappa shape index (κ2) is 4.55. The van der Waals surface area contributed by atoms with E-state index in [0.717, 1.165) is 31.6 Å². The van der Waals surface area contributed by atoms with Gasteiger partial charge in [0.1, 0.15) is 0 Å². The van der Waals surface area contributed by atoms with E-state index in [1.165, 1.54) is 12.8 Å². The first kappa shape index (κ1) is 13.4. The standard InChI is InChI=1S/C15H29NO/c1-11-6-8-14(9-11,10-16)15(17)7-4-5-12(2)13(15)3/h11-13,17H,4-10,16H2,1-3H3. The molecule has 0 aliphatic heterocycles. The van der Waals surface area contributed by atoms with Crippen LogP contribution in [0.1, 0.15) is 59.3 Å². The second-order valence-corrected chi connectivity index (χ2v) is 6.91. The molecule has 2 aliphatic carbocycles. The van der Waals surface area contributed by atoms with Crippen molar-refractivity contribution in [1.29, 1.82) is 0 Å². The maximum Gasteiger partial charge on any atom is 0.0743 e. The minimum absolute atomic E-state index is 0.000509. The summed E-state index contributed by atoms with van der Waals surface area (Å²) in [7, 11) is 0. The fraction of sp³-hybridized carbons (Fsp3) is 1.00. The first-order valence-electron chi connectivity index (χ1n) is 7.37. The van der Waals surface area contributed by atoms with Crippen molar-refractivity contribution < 1.29 is 5.11 Å². The summed E-state index contributed by atoms with van der Waals surface area (Å²) in [5.41, 5.74) is 5.59. The van der Waals surface area contributed by atoms with Crippen LogP contribution >= 0.6 is 0 Å². The van der Waals surface area contributed by atoms with Crippen LogP contribution < -0.4 is 5.73 Å². The zero-order valence-electron chi connectivity index (χ0n) is 11.7. The molecule has 17 heavy (non-hydrogen) atoms. The third kappa shape index (κ3) is 1.94. The Labute approximate surface area is 106 Å². The van der Waals surface area contributed by atoms with Crippen LogP contribution in [-0.4, -0.2) is 17.3 Å². The molecule has 2 fully saturated rings. The molecule has 5 unspecified atom stereocenters. The van der Waals surface area contributed by atoms with E-state index in [9.17, 15) is 5.11 Å². The van der Waals surface area contributed by atoms with Gasteiger partial charge in [-0.1, -0.05) is 40.0 Å². The van der Waals surface area contributed by atoms with Gasteiger partial charge in [-0.3, -0.25) is 0 Å². The first-order valence-corrected chi connectivity index (χ1v) is 7.37. The summed E-state index contributed by atoms with van der Waals surface area (Å²) >= 11 is 0. The van der Waals surface area contributed by atoms with Crippen LogP contribution in [0.3, 0.4) is 0 Å². The molecule has 0 saturated heterocycles. The average molecular weight is 239 g/mol. The minimum atomic E-state index is -0.510. The van der Waals surface area contributed by atoms with E-state index in [-0.39, 0.29) is 5.41 Å². The summed E-state index contributed by atoms with van der Waals surface area (Å²) in [4.78, 5) is 0. The molecule has 3 N–H and O–H groups in total. The molecule has 0 aromatic rings. The Kier molecular flexibility index (Phi) is 3.57. The molecule has 0 amide bonds. The predicted octanol–water partition coefficient (Wildman–Crippen LogP) is 2.94. The van der Waals surface area contributed by atoms with Gasteiger partial charge < -0.3 is 10.8 Å². The normalized spacial score (nSPS) is 51.7. The highest BCUT2D eigenvalue weighted by Gasteiger charge is 2.56. The Hall–Kier alpha value is -0.0800. The molecule has 2 heteroatoms. The molecule has 0 spiro atoms. The molecule has 0 aromatic heterocycles. The molecule has 0 aromatic carbocycles. The van der Waals surface area contributed by atoms with Crippen molar-refractivity contribution in [2.75, 3.05) is 6.54 Å². The Morgan fingerprint density at radius 1 is 1.18 bits per heavy atom. The number of hydrogen-bond acceptors (Lipinski definition) is 2. The highest BCUT2D eigenvalue weighted by Crippen LogP contribution is 2.56.